The van der Waals surface area contributed by atoms with Crippen molar-refractivity contribution in [3.63, 3.8) is 0 Å². The molecule has 0 amide bonds. The molecule has 3 nitrogen and oxygen atoms in total. The first-order valence-corrected chi connectivity index (χ1v) is 21.5. The van der Waals surface area contributed by atoms with Gasteiger partial charge in [-0.2, -0.15) is 0 Å². The van der Waals surface area contributed by atoms with Gasteiger partial charge in [-0.1, -0.05) is 158 Å². The number of hydrogen-bond acceptors (Lipinski definition) is 2. The first-order chi connectivity index (χ1) is 31.2. The number of benzene rings is 10. The molecule has 0 aliphatic rings. The Bertz CT molecular complexity index is 3270. The van der Waals surface area contributed by atoms with Gasteiger partial charge in [0.1, 0.15) is 0 Å². The Kier molecular flexibility index (Phi) is 9.89. The van der Waals surface area contributed by atoms with E-state index in [0.717, 1.165) is 45.3 Å². The van der Waals surface area contributed by atoms with Gasteiger partial charge in [0.05, 0.1) is 11.0 Å². The van der Waals surface area contributed by atoms with Gasteiger partial charge in [0.2, 0.25) is 0 Å². The molecule has 63 heavy (non-hydrogen) atoms. The number of nitrogens with zero attached hydrogens (tertiary/aromatic N) is 2. The lowest BCUT2D eigenvalue weighted by Gasteiger charge is -2.25. The smallest absolute Gasteiger partial charge is 0.0542 e. The minimum absolute atomic E-state index is 1.03. The average Bonchev–Trinajstić information content (AvgIpc) is 3.69. The number of aromatic nitrogens is 1. The number of anilines is 5. The van der Waals surface area contributed by atoms with E-state index in [-0.39, 0.29) is 0 Å². The third-order valence-corrected chi connectivity index (χ3v) is 12.0. The lowest BCUT2D eigenvalue weighted by Crippen LogP contribution is -2.09. The molecule has 0 saturated carbocycles. The van der Waals surface area contributed by atoms with E-state index in [2.05, 4.69) is 270 Å². The topological polar surface area (TPSA) is 20.2 Å². The summed E-state index contributed by atoms with van der Waals surface area (Å²) in [5.74, 6) is 0. The maximum atomic E-state index is 3.72. The zero-order valence-corrected chi connectivity index (χ0v) is 34.6. The predicted octanol–water partition coefficient (Wildman–Crippen LogP) is 16.7. The van der Waals surface area contributed by atoms with E-state index in [1.54, 1.807) is 0 Å². The van der Waals surface area contributed by atoms with Crippen LogP contribution in [-0.2, 0) is 0 Å². The third kappa shape index (κ3) is 7.32. The van der Waals surface area contributed by atoms with Crippen molar-refractivity contribution in [1.29, 1.82) is 0 Å². The monoisotopic (exact) mass is 805 g/mol. The molecular formula is C60H43N3. The van der Waals surface area contributed by atoms with Crippen molar-refractivity contribution in [3.8, 4) is 50.2 Å². The van der Waals surface area contributed by atoms with Gasteiger partial charge in [-0.25, -0.2) is 0 Å². The number of hydrogen-bond donors (Lipinski definition) is 1. The van der Waals surface area contributed by atoms with Crippen LogP contribution in [0.4, 0.5) is 28.4 Å². The van der Waals surface area contributed by atoms with Gasteiger partial charge in [-0.3, -0.25) is 0 Å². The molecule has 0 aliphatic heterocycles. The summed E-state index contributed by atoms with van der Waals surface area (Å²) in [6, 6.07) is 91.3. The summed E-state index contributed by atoms with van der Waals surface area (Å²) in [7, 11) is 0. The molecule has 3 heteroatoms. The summed E-state index contributed by atoms with van der Waals surface area (Å²) in [4.78, 5) is 2.31. The first kappa shape index (κ1) is 37.6. The molecule has 1 aromatic heterocycles. The van der Waals surface area contributed by atoms with Crippen LogP contribution in [0, 0.1) is 0 Å². The van der Waals surface area contributed by atoms with Gasteiger partial charge in [-0.15, -0.1) is 0 Å². The van der Waals surface area contributed by atoms with Crippen LogP contribution < -0.4 is 10.2 Å². The fraction of sp³-hybridized carbons (Fsp3) is 0. The third-order valence-electron chi connectivity index (χ3n) is 12.0. The fourth-order valence-corrected chi connectivity index (χ4v) is 8.99. The van der Waals surface area contributed by atoms with E-state index in [1.807, 2.05) is 0 Å². The quantitative estimate of drug-likeness (QED) is 0.149. The summed E-state index contributed by atoms with van der Waals surface area (Å²) >= 11 is 0. The van der Waals surface area contributed by atoms with Crippen LogP contribution in [0.25, 0.3) is 72.0 Å². The minimum atomic E-state index is 1.03. The van der Waals surface area contributed by atoms with Crippen molar-refractivity contribution >= 4 is 50.2 Å². The van der Waals surface area contributed by atoms with Gasteiger partial charge >= 0.3 is 0 Å². The van der Waals surface area contributed by atoms with Crippen LogP contribution in [0.5, 0.6) is 0 Å². The van der Waals surface area contributed by atoms with Crippen LogP contribution >= 0.6 is 0 Å². The normalized spacial score (nSPS) is 11.2. The fourth-order valence-electron chi connectivity index (χ4n) is 8.99. The number of fused-ring (bicyclic) bond motifs is 3. The van der Waals surface area contributed by atoms with Gasteiger partial charge in [0, 0.05) is 44.9 Å². The Balaban J connectivity index is 0.977. The molecule has 0 unspecified atom stereocenters. The van der Waals surface area contributed by atoms with Crippen molar-refractivity contribution < 1.29 is 0 Å². The molecule has 0 atom stereocenters. The molecule has 298 valence electrons. The Labute approximate surface area is 368 Å². The Morgan fingerprint density at radius 1 is 0.286 bits per heavy atom. The van der Waals surface area contributed by atoms with E-state index in [4.69, 9.17) is 0 Å². The first-order valence-electron chi connectivity index (χ1n) is 21.5. The second kappa shape index (κ2) is 16.6. The highest BCUT2D eigenvalue weighted by Crippen LogP contribution is 2.44. The molecule has 0 aliphatic carbocycles. The molecule has 10 aromatic carbocycles. The van der Waals surface area contributed by atoms with Crippen molar-refractivity contribution in [2.24, 2.45) is 0 Å². The van der Waals surface area contributed by atoms with Crippen molar-refractivity contribution in [3.05, 3.63) is 255 Å². The number of para-hydroxylation sites is 4. The predicted molar refractivity (Wildman–Crippen MR) is 267 cm³/mol. The van der Waals surface area contributed by atoms with Crippen LogP contribution in [0.3, 0.4) is 0 Å². The molecule has 11 rings (SSSR count). The Hall–Kier alpha value is -8.40. The van der Waals surface area contributed by atoms with Gasteiger partial charge in [-0.05, 0) is 142 Å². The summed E-state index contributed by atoms with van der Waals surface area (Å²) < 4.78 is 2.35. The molecule has 0 radical (unpaired) electrons. The van der Waals surface area contributed by atoms with Crippen LogP contribution in [-0.4, -0.2) is 4.57 Å². The van der Waals surface area contributed by atoms with E-state index in [1.165, 1.54) is 55.2 Å². The van der Waals surface area contributed by atoms with Crippen LogP contribution in [0.15, 0.2) is 255 Å². The Morgan fingerprint density at radius 3 is 1.22 bits per heavy atom. The molecular weight excluding hydrogens is 763 g/mol. The lowest BCUT2D eigenvalue weighted by atomic mass is 9.85. The summed E-state index contributed by atoms with van der Waals surface area (Å²) in [6.45, 7) is 0. The van der Waals surface area contributed by atoms with E-state index < -0.39 is 0 Å². The molecule has 11 aromatic rings. The van der Waals surface area contributed by atoms with E-state index >= 15 is 0 Å². The molecule has 0 fully saturated rings. The Morgan fingerprint density at radius 2 is 0.683 bits per heavy atom. The molecule has 0 bridgehead atoms. The second-order valence-electron chi connectivity index (χ2n) is 15.9. The number of rotatable bonds is 10. The van der Waals surface area contributed by atoms with E-state index in [9.17, 15) is 0 Å². The van der Waals surface area contributed by atoms with Crippen molar-refractivity contribution in [2.75, 3.05) is 10.2 Å². The van der Waals surface area contributed by atoms with Gasteiger partial charge in [0.25, 0.3) is 0 Å². The van der Waals surface area contributed by atoms with Crippen molar-refractivity contribution in [1.82, 2.24) is 4.57 Å². The molecule has 0 saturated heterocycles. The second-order valence-corrected chi connectivity index (χ2v) is 15.9. The summed E-state index contributed by atoms with van der Waals surface area (Å²) in [6.07, 6.45) is 0. The zero-order valence-electron chi connectivity index (χ0n) is 34.6. The molecule has 1 N–H and O–H groups in total. The number of nitrogens with one attached hydrogen (secondary N) is 1. The summed E-state index contributed by atoms with van der Waals surface area (Å²) in [5, 5.41) is 6.18. The standard InChI is InChI=1S/C60H43N3/c1-6-18-43(19-7-1)54-42-57(46-32-37-52(38-33-46)62(49-22-10-3-11-23-49)50-24-12-4-13-25-50)55(44-20-8-2-9-21-44)41-56(54)45-30-34-47(35-31-45)61-48-36-39-60-58(40-48)53-28-16-17-29-59(53)63(60)51-26-14-5-15-27-51/h1-42,61H. The lowest BCUT2D eigenvalue weighted by molar-refractivity contribution is 1.18. The maximum Gasteiger partial charge on any atom is 0.0542 e. The largest absolute Gasteiger partial charge is 0.356 e. The highest BCUT2D eigenvalue weighted by molar-refractivity contribution is 6.10. The highest BCUT2D eigenvalue weighted by atomic mass is 15.1. The minimum Gasteiger partial charge on any atom is -0.356 e. The molecule has 0 spiro atoms. The van der Waals surface area contributed by atoms with E-state index in [0.29, 0.717) is 0 Å². The summed E-state index contributed by atoms with van der Waals surface area (Å²) in [5.41, 5.74) is 18.4. The van der Waals surface area contributed by atoms with Crippen LogP contribution in [0.1, 0.15) is 0 Å². The SMILES string of the molecule is c1ccc(-c2cc(-c3ccc(N(c4ccccc4)c4ccccc4)cc3)c(-c3ccccc3)cc2-c2ccc(Nc3ccc4c(c3)c3ccccc3n4-c3ccccc3)cc2)cc1. The maximum absolute atomic E-state index is 3.72. The van der Waals surface area contributed by atoms with Crippen molar-refractivity contribution in [2.45, 2.75) is 0 Å². The molecule has 1 heterocycles. The van der Waals surface area contributed by atoms with Gasteiger partial charge < -0.3 is 14.8 Å². The van der Waals surface area contributed by atoms with Gasteiger partial charge in [0.15, 0.2) is 0 Å². The zero-order chi connectivity index (χ0) is 42.0. The van der Waals surface area contributed by atoms with Crippen LogP contribution in [0.2, 0.25) is 0 Å². The average molecular weight is 806 g/mol. The highest BCUT2D eigenvalue weighted by Gasteiger charge is 2.18.